The van der Waals surface area contributed by atoms with Crippen LogP contribution in [-0.2, 0) is 9.63 Å². The van der Waals surface area contributed by atoms with Crippen LogP contribution >= 0.6 is 0 Å². The first kappa shape index (κ1) is 24.4. The lowest BCUT2D eigenvalue weighted by atomic mass is 9.89. The predicted molar refractivity (Wildman–Crippen MR) is 121 cm³/mol. The van der Waals surface area contributed by atoms with Crippen molar-refractivity contribution in [2.75, 3.05) is 20.2 Å². The van der Waals surface area contributed by atoms with Crippen molar-refractivity contribution in [3.8, 4) is 0 Å². The fraction of sp³-hybridized carbons (Fsp3) is 0.680. The summed E-state index contributed by atoms with van der Waals surface area (Å²) in [7, 11) is 1.78. The summed E-state index contributed by atoms with van der Waals surface area (Å²) in [6.45, 7) is 7.49. The first-order valence-electron chi connectivity index (χ1n) is 11.5. The van der Waals surface area contributed by atoms with Gasteiger partial charge >= 0.3 is 0 Å². The van der Waals surface area contributed by atoms with E-state index in [-0.39, 0.29) is 17.9 Å². The van der Waals surface area contributed by atoms with E-state index in [1.807, 2.05) is 30.3 Å². The van der Waals surface area contributed by atoms with Gasteiger partial charge in [-0.1, -0.05) is 64.7 Å². The van der Waals surface area contributed by atoms with Crippen molar-refractivity contribution in [2.45, 2.75) is 84.6 Å². The first-order chi connectivity index (χ1) is 14.3. The smallest absolute Gasteiger partial charge is 0.253 e. The molecule has 2 amide bonds. The quantitative estimate of drug-likeness (QED) is 0.376. The summed E-state index contributed by atoms with van der Waals surface area (Å²) in [5.41, 5.74) is 0.970. The second-order valence-corrected chi connectivity index (χ2v) is 9.71. The van der Waals surface area contributed by atoms with Crippen molar-refractivity contribution in [1.82, 2.24) is 9.96 Å². The maximum atomic E-state index is 12.9. The van der Waals surface area contributed by atoms with E-state index in [2.05, 4.69) is 20.8 Å². The largest absolute Gasteiger partial charge is 0.339 e. The number of amides is 2. The summed E-state index contributed by atoms with van der Waals surface area (Å²) in [5.74, 6) is 0.0600. The standard InChI is InChI=1S/C25H40N2O3/c1-25(2,3)18-12-11-17-23(28)27(22-15-9-6-10-16-22)30-20-19-26(4)24(29)21-13-7-5-8-14-21/h5,7-8,13-14,22H,6,9-12,15-20H2,1-4H3. The Morgan fingerprint density at radius 2 is 1.70 bits per heavy atom. The fourth-order valence-corrected chi connectivity index (χ4v) is 3.92. The molecule has 1 fully saturated rings. The highest BCUT2D eigenvalue weighted by Gasteiger charge is 2.26. The summed E-state index contributed by atoms with van der Waals surface area (Å²) >= 11 is 0. The number of carbonyl (C=O) groups is 2. The first-order valence-corrected chi connectivity index (χ1v) is 11.5. The number of likely N-dealkylation sites (N-methyl/N-ethyl adjacent to an activating group) is 1. The number of hydrogen-bond donors (Lipinski definition) is 0. The van der Waals surface area contributed by atoms with Crippen molar-refractivity contribution in [3.05, 3.63) is 35.9 Å². The molecule has 0 radical (unpaired) electrons. The zero-order valence-corrected chi connectivity index (χ0v) is 19.4. The third-order valence-electron chi connectivity index (χ3n) is 5.74. The lowest BCUT2D eigenvalue weighted by molar-refractivity contribution is -0.204. The number of rotatable bonds is 10. The molecule has 0 aliphatic heterocycles. The zero-order valence-electron chi connectivity index (χ0n) is 19.4. The number of unbranched alkanes of at least 4 members (excludes halogenated alkanes) is 1. The Morgan fingerprint density at radius 1 is 1.03 bits per heavy atom. The van der Waals surface area contributed by atoms with Crippen LogP contribution in [0.2, 0.25) is 0 Å². The van der Waals surface area contributed by atoms with Gasteiger partial charge in [0.2, 0.25) is 5.91 Å². The highest BCUT2D eigenvalue weighted by molar-refractivity contribution is 5.93. The Kier molecular flexibility index (Phi) is 9.83. The van der Waals surface area contributed by atoms with Gasteiger partial charge in [0, 0.05) is 25.6 Å². The zero-order chi connectivity index (χ0) is 22.0. The monoisotopic (exact) mass is 416 g/mol. The van der Waals surface area contributed by atoms with Crippen molar-refractivity contribution >= 4 is 11.8 Å². The molecule has 5 nitrogen and oxygen atoms in total. The van der Waals surface area contributed by atoms with Gasteiger partial charge in [0.15, 0.2) is 0 Å². The number of carbonyl (C=O) groups excluding carboxylic acids is 2. The summed E-state index contributed by atoms with van der Waals surface area (Å²) in [5, 5.41) is 1.65. The van der Waals surface area contributed by atoms with Gasteiger partial charge in [0.25, 0.3) is 5.91 Å². The van der Waals surface area contributed by atoms with Gasteiger partial charge in [-0.05, 0) is 43.2 Å². The lowest BCUT2D eigenvalue weighted by Gasteiger charge is -2.33. The van der Waals surface area contributed by atoms with E-state index in [9.17, 15) is 9.59 Å². The van der Waals surface area contributed by atoms with Crippen LogP contribution in [0, 0.1) is 5.41 Å². The van der Waals surface area contributed by atoms with Gasteiger partial charge in [0.05, 0.1) is 12.6 Å². The van der Waals surface area contributed by atoms with E-state index in [0.717, 1.165) is 44.9 Å². The van der Waals surface area contributed by atoms with Gasteiger partial charge in [0.1, 0.15) is 0 Å². The molecule has 1 aromatic rings. The van der Waals surface area contributed by atoms with E-state index < -0.39 is 0 Å². The van der Waals surface area contributed by atoms with Gasteiger partial charge in [-0.15, -0.1) is 0 Å². The van der Waals surface area contributed by atoms with Crippen LogP contribution in [0.3, 0.4) is 0 Å². The predicted octanol–water partition coefficient (Wildman–Crippen LogP) is 5.46. The molecule has 1 aliphatic carbocycles. The average Bonchev–Trinajstić information content (AvgIpc) is 2.74. The Morgan fingerprint density at radius 3 is 2.33 bits per heavy atom. The Balaban J connectivity index is 1.85. The molecule has 168 valence electrons. The van der Waals surface area contributed by atoms with E-state index >= 15 is 0 Å². The third kappa shape index (κ3) is 8.47. The molecule has 0 saturated heterocycles. The van der Waals surface area contributed by atoms with Crippen LogP contribution in [0.25, 0.3) is 0 Å². The Bertz CT molecular complexity index is 648. The summed E-state index contributed by atoms with van der Waals surface area (Å²) in [4.78, 5) is 33.1. The molecule has 0 aromatic heterocycles. The van der Waals surface area contributed by atoms with Crippen molar-refractivity contribution in [2.24, 2.45) is 5.41 Å². The van der Waals surface area contributed by atoms with Crippen LogP contribution in [0.15, 0.2) is 30.3 Å². The van der Waals surface area contributed by atoms with E-state index in [0.29, 0.717) is 30.6 Å². The molecule has 0 bridgehead atoms. The van der Waals surface area contributed by atoms with Crippen LogP contribution < -0.4 is 0 Å². The number of nitrogens with zero attached hydrogens (tertiary/aromatic N) is 2. The van der Waals surface area contributed by atoms with E-state index in [4.69, 9.17) is 4.84 Å². The number of hydroxylamine groups is 2. The molecule has 0 unspecified atom stereocenters. The average molecular weight is 417 g/mol. The summed E-state index contributed by atoms with van der Waals surface area (Å²) < 4.78 is 0. The van der Waals surface area contributed by atoms with Crippen molar-refractivity contribution in [1.29, 1.82) is 0 Å². The van der Waals surface area contributed by atoms with Gasteiger partial charge in [-0.2, -0.15) is 0 Å². The van der Waals surface area contributed by atoms with Gasteiger partial charge in [-0.3, -0.25) is 14.4 Å². The van der Waals surface area contributed by atoms with E-state index in [1.165, 1.54) is 6.42 Å². The molecule has 2 rings (SSSR count). The van der Waals surface area contributed by atoms with Gasteiger partial charge < -0.3 is 4.90 Å². The number of benzene rings is 1. The highest BCUT2D eigenvalue weighted by atomic mass is 16.7. The summed E-state index contributed by atoms with van der Waals surface area (Å²) in [6.07, 6.45) is 9.15. The molecule has 1 aliphatic rings. The Hall–Kier alpha value is -1.88. The molecule has 0 heterocycles. The fourth-order valence-electron chi connectivity index (χ4n) is 3.92. The lowest BCUT2D eigenvalue weighted by Crippen LogP contribution is -2.43. The third-order valence-corrected chi connectivity index (χ3v) is 5.74. The Labute approximate surface area is 182 Å². The minimum Gasteiger partial charge on any atom is -0.339 e. The molecule has 30 heavy (non-hydrogen) atoms. The second-order valence-electron chi connectivity index (χ2n) is 9.71. The molecule has 1 aromatic carbocycles. The van der Waals surface area contributed by atoms with Crippen LogP contribution in [-0.4, -0.2) is 48.0 Å². The van der Waals surface area contributed by atoms with Crippen LogP contribution in [0.1, 0.15) is 88.9 Å². The minimum absolute atomic E-state index is 0.0306. The van der Waals surface area contributed by atoms with Crippen LogP contribution in [0.4, 0.5) is 0 Å². The molecule has 0 atom stereocenters. The molecular weight excluding hydrogens is 376 g/mol. The van der Waals surface area contributed by atoms with E-state index in [1.54, 1.807) is 17.0 Å². The summed E-state index contributed by atoms with van der Waals surface area (Å²) in [6, 6.07) is 9.42. The second kappa shape index (κ2) is 12.1. The topological polar surface area (TPSA) is 49.9 Å². The highest BCUT2D eigenvalue weighted by Crippen LogP contribution is 2.25. The van der Waals surface area contributed by atoms with Crippen molar-refractivity contribution in [3.63, 3.8) is 0 Å². The number of hydrogen-bond acceptors (Lipinski definition) is 3. The molecule has 1 saturated carbocycles. The molecule has 0 N–H and O–H groups in total. The SMILES string of the molecule is CN(CCON(C(=O)CCCCC(C)(C)C)C1CCCCC1)C(=O)c1ccccc1. The maximum Gasteiger partial charge on any atom is 0.253 e. The normalized spacial score (nSPS) is 15.1. The van der Waals surface area contributed by atoms with Crippen LogP contribution in [0.5, 0.6) is 0 Å². The molecule has 5 heteroatoms. The maximum absolute atomic E-state index is 12.9. The van der Waals surface area contributed by atoms with Crippen molar-refractivity contribution < 1.29 is 14.4 Å². The van der Waals surface area contributed by atoms with Gasteiger partial charge in [-0.25, -0.2) is 5.06 Å². The molecular formula is C25H40N2O3. The minimum atomic E-state index is -0.0306. The molecule has 0 spiro atoms.